The van der Waals surface area contributed by atoms with E-state index in [1.807, 2.05) is 0 Å². The summed E-state index contributed by atoms with van der Waals surface area (Å²) < 4.78 is 20.8. The molecule has 1 saturated carbocycles. The van der Waals surface area contributed by atoms with Gasteiger partial charge in [-0.3, -0.25) is 0 Å². The fraction of sp³-hybridized carbons (Fsp3) is 0.625. The number of esters is 2. The minimum Gasteiger partial charge on any atom is -0.462 e. The van der Waals surface area contributed by atoms with Crippen LogP contribution in [-0.4, -0.2) is 37.0 Å². The van der Waals surface area contributed by atoms with Gasteiger partial charge in [-0.15, -0.1) is 0 Å². The Labute approximate surface area is 135 Å². The Morgan fingerprint density at radius 1 is 1.13 bits per heavy atom. The summed E-state index contributed by atoms with van der Waals surface area (Å²) in [7, 11) is 0. The number of ether oxygens (including phenoxy) is 4. The van der Waals surface area contributed by atoms with Crippen molar-refractivity contribution < 1.29 is 28.5 Å². The molecule has 0 atom stereocenters. The van der Waals surface area contributed by atoms with Crippen molar-refractivity contribution in [2.24, 2.45) is 0 Å². The van der Waals surface area contributed by atoms with E-state index in [1.165, 1.54) is 6.20 Å². The van der Waals surface area contributed by atoms with Gasteiger partial charge in [0.05, 0.1) is 13.2 Å². The predicted molar refractivity (Wildman–Crippen MR) is 80.8 cm³/mol. The molecule has 2 aliphatic rings. The summed E-state index contributed by atoms with van der Waals surface area (Å²) in [5.74, 6) is -1.90. The Balaban J connectivity index is 1.92. The highest BCUT2D eigenvalue weighted by Crippen LogP contribution is 2.36. The second kappa shape index (κ2) is 7.89. The molecular formula is C16H23NO6. The second-order valence-corrected chi connectivity index (χ2v) is 5.36. The van der Waals surface area contributed by atoms with Gasteiger partial charge in [0.25, 0.3) is 0 Å². The van der Waals surface area contributed by atoms with Crippen molar-refractivity contribution in [1.82, 2.24) is 5.32 Å². The zero-order valence-corrected chi connectivity index (χ0v) is 13.5. The largest absolute Gasteiger partial charge is 0.462 e. The third-order valence-corrected chi connectivity index (χ3v) is 3.82. The predicted octanol–water partition coefficient (Wildman–Crippen LogP) is 1.74. The Morgan fingerprint density at radius 2 is 1.65 bits per heavy atom. The quantitative estimate of drug-likeness (QED) is 0.345. The zero-order chi connectivity index (χ0) is 16.7. The lowest BCUT2D eigenvalue weighted by atomic mass is 9.90. The van der Waals surface area contributed by atoms with Crippen LogP contribution in [-0.2, 0) is 28.5 Å². The number of carbonyl (C=O) groups excluding carboxylic acids is 2. The summed E-state index contributed by atoms with van der Waals surface area (Å²) in [6, 6.07) is 0.132. The summed E-state index contributed by atoms with van der Waals surface area (Å²) in [4.78, 5) is 23.7. The Hall–Kier alpha value is -2.18. The zero-order valence-electron chi connectivity index (χ0n) is 13.5. The maximum atomic E-state index is 11.9. The van der Waals surface area contributed by atoms with E-state index in [2.05, 4.69) is 5.32 Å². The van der Waals surface area contributed by atoms with Crippen LogP contribution in [0.2, 0.25) is 0 Å². The highest BCUT2D eigenvalue weighted by molar-refractivity contribution is 6.13. The van der Waals surface area contributed by atoms with Crippen molar-refractivity contribution in [3.05, 3.63) is 24.3 Å². The molecular weight excluding hydrogens is 302 g/mol. The number of hydrogen-bond donors (Lipinski definition) is 1. The first-order valence-corrected chi connectivity index (χ1v) is 7.91. The van der Waals surface area contributed by atoms with Gasteiger partial charge in [-0.2, -0.15) is 0 Å². The first kappa shape index (κ1) is 17.2. The molecule has 128 valence electrons. The van der Waals surface area contributed by atoms with Crippen molar-refractivity contribution in [3.63, 3.8) is 0 Å². The molecule has 1 spiro atoms. The molecule has 1 aliphatic carbocycles. The normalized spacial score (nSPS) is 18.7. The van der Waals surface area contributed by atoms with E-state index in [4.69, 9.17) is 18.9 Å². The number of rotatable bonds is 6. The van der Waals surface area contributed by atoms with E-state index >= 15 is 0 Å². The van der Waals surface area contributed by atoms with Gasteiger partial charge in [0.1, 0.15) is 12.5 Å². The molecule has 7 heteroatoms. The summed E-state index contributed by atoms with van der Waals surface area (Å²) in [6.07, 6.45) is 7.60. The third kappa shape index (κ3) is 4.40. The van der Waals surface area contributed by atoms with Gasteiger partial charge in [0.15, 0.2) is 5.57 Å². The number of nitrogens with one attached hydrogen (secondary N) is 1. The average Bonchev–Trinajstić information content (AvgIpc) is 2.98. The van der Waals surface area contributed by atoms with Crippen molar-refractivity contribution in [2.45, 2.75) is 51.4 Å². The Bertz CT molecular complexity index is 461. The maximum absolute atomic E-state index is 11.9. The second-order valence-electron chi connectivity index (χ2n) is 5.36. The maximum Gasteiger partial charge on any atom is 0.347 e. The van der Waals surface area contributed by atoms with Crippen LogP contribution in [0.4, 0.5) is 0 Å². The lowest BCUT2D eigenvalue weighted by Gasteiger charge is -2.35. The summed E-state index contributed by atoms with van der Waals surface area (Å²) in [5.41, 5.74) is -0.121. The van der Waals surface area contributed by atoms with Gasteiger partial charge in [0.2, 0.25) is 5.79 Å². The average molecular weight is 325 g/mol. The van der Waals surface area contributed by atoms with Gasteiger partial charge in [-0.25, -0.2) is 9.59 Å². The van der Waals surface area contributed by atoms with Crippen LogP contribution in [0.25, 0.3) is 0 Å². The Kier molecular flexibility index (Phi) is 5.90. The number of carbonyl (C=O) groups is 2. The molecule has 0 amide bonds. The van der Waals surface area contributed by atoms with Gasteiger partial charge in [0, 0.05) is 25.1 Å². The van der Waals surface area contributed by atoms with Crippen LogP contribution < -0.4 is 5.32 Å². The van der Waals surface area contributed by atoms with E-state index < -0.39 is 17.7 Å². The SMILES string of the molecule is CCOC(=O)C(=CNC1CCC2(CC1)OC=CO2)C(=O)OCC. The van der Waals surface area contributed by atoms with E-state index in [1.54, 1.807) is 26.4 Å². The molecule has 1 aliphatic heterocycles. The van der Waals surface area contributed by atoms with Crippen LogP contribution in [0.15, 0.2) is 24.3 Å². The van der Waals surface area contributed by atoms with Crippen molar-refractivity contribution in [2.75, 3.05) is 13.2 Å². The van der Waals surface area contributed by atoms with Gasteiger partial charge in [-0.05, 0) is 26.7 Å². The molecule has 7 nitrogen and oxygen atoms in total. The van der Waals surface area contributed by atoms with Gasteiger partial charge in [-0.1, -0.05) is 0 Å². The standard InChI is InChI=1S/C16H23NO6/c1-3-20-14(18)13(15(19)21-4-2)11-17-12-5-7-16(8-6-12)22-9-10-23-16/h9-12,17H,3-8H2,1-2H3. The third-order valence-electron chi connectivity index (χ3n) is 3.82. The molecule has 1 heterocycles. The van der Waals surface area contributed by atoms with Crippen molar-refractivity contribution in [3.8, 4) is 0 Å². The van der Waals surface area contributed by atoms with Crippen LogP contribution >= 0.6 is 0 Å². The molecule has 23 heavy (non-hydrogen) atoms. The van der Waals surface area contributed by atoms with E-state index in [0.717, 1.165) is 25.7 Å². The highest BCUT2D eigenvalue weighted by Gasteiger charge is 2.40. The molecule has 0 unspecified atom stereocenters. The number of hydrogen-bond acceptors (Lipinski definition) is 7. The van der Waals surface area contributed by atoms with E-state index in [0.29, 0.717) is 0 Å². The molecule has 0 aromatic heterocycles. The van der Waals surface area contributed by atoms with Crippen molar-refractivity contribution in [1.29, 1.82) is 0 Å². The fourth-order valence-electron chi connectivity index (χ4n) is 2.61. The summed E-state index contributed by atoms with van der Waals surface area (Å²) >= 11 is 0. The van der Waals surface area contributed by atoms with E-state index in [-0.39, 0.29) is 24.8 Å². The molecule has 1 N–H and O–H groups in total. The highest BCUT2D eigenvalue weighted by atomic mass is 16.7. The smallest absolute Gasteiger partial charge is 0.347 e. The topological polar surface area (TPSA) is 83.1 Å². The minimum absolute atomic E-state index is 0.121. The van der Waals surface area contributed by atoms with Crippen LogP contribution in [0, 0.1) is 0 Å². The van der Waals surface area contributed by atoms with Crippen LogP contribution in [0.5, 0.6) is 0 Å². The lowest BCUT2D eigenvalue weighted by molar-refractivity contribution is -0.165. The fourth-order valence-corrected chi connectivity index (χ4v) is 2.61. The molecule has 0 aromatic carbocycles. The summed E-state index contributed by atoms with van der Waals surface area (Å²) in [6.45, 7) is 3.76. The molecule has 0 aromatic rings. The minimum atomic E-state index is -0.683. The van der Waals surface area contributed by atoms with Gasteiger partial charge < -0.3 is 24.3 Å². The first-order valence-electron chi connectivity index (χ1n) is 7.91. The van der Waals surface area contributed by atoms with E-state index in [9.17, 15) is 9.59 Å². The van der Waals surface area contributed by atoms with Crippen molar-refractivity contribution >= 4 is 11.9 Å². The molecule has 1 fully saturated rings. The molecule has 2 rings (SSSR count). The Morgan fingerprint density at radius 3 is 2.13 bits per heavy atom. The monoisotopic (exact) mass is 325 g/mol. The molecule has 0 radical (unpaired) electrons. The van der Waals surface area contributed by atoms with Gasteiger partial charge >= 0.3 is 11.9 Å². The summed E-state index contributed by atoms with van der Waals surface area (Å²) in [5, 5.41) is 3.11. The van der Waals surface area contributed by atoms with Crippen LogP contribution in [0.3, 0.4) is 0 Å². The molecule has 0 saturated heterocycles. The molecule has 0 bridgehead atoms. The first-order chi connectivity index (χ1) is 11.1. The lowest BCUT2D eigenvalue weighted by Crippen LogP contribution is -2.41. The van der Waals surface area contributed by atoms with Crippen LogP contribution in [0.1, 0.15) is 39.5 Å².